The molecule has 7 heteroatoms. The van der Waals surface area contributed by atoms with E-state index in [-0.39, 0.29) is 5.91 Å². The average Bonchev–Trinajstić information content (AvgIpc) is 2.96. The van der Waals surface area contributed by atoms with E-state index in [1.165, 1.54) is 0 Å². The topological polar surface area (TPSA) is 73.7 Å². The maximum Gasteiger partial charge on any atom is 0.328 e. The molecule has 6 nitrogen and oxygen atoms in total. The SMILES string of the molecule is O=C(O)/C=C/C(=O)N1CCN(c2nc3ccccc3s2)CC1. The third-order valence-electron chi connectivity index (χ3n) is 3.51. The Labute approximate surface area is 131 Å². The number of thiazole rings is 1. The van der Waals surface area contributed by atoms with E-state index >= 15 is 0 Å². The van der Waals surface area contributed by atoms with Gasteiger partial charge in [-0.1, -0.05) is 23.5 Å². The number of nitrogens with zero attached hydrogens (tertiary/aromatic N) is 3. The second kappa shape index (κ2) is 6.15. The van der Waals surface area contributed by atoms with Crippen molar-refractivity contribution >= 4 is 38.6 Å². The van der Waals surface area contributed by atoms with Crippen LogP contribution in [0.4, 0.5) is 5.13 Å². The van der Waals surface area contributed by atoms with E-state index < -0.39 is 5.97 Å². The van der Waals surface area contributed by atoms with Gasteiger partial charge in [-0.15, -0.1) is 0 Å². The lowest BCUT2D eigenvalue weighted by Crippen LogP contribution is -2.48. The number of aliphatic carboxylic acids is 1. The standard InChI is InChI=1S/C15H15N3O3S/c19-13(5-6-14(20)21)17-7-9-18(10-8-17)15-16-11-3-1-2-4-12(11)22-15/h1-6H,7-10H2,(H,20,21)/b6-5+. The summed E-state index contributed by atoms with van der Waals surface area (Å²) < 4.78 is 1.15. The zero-order chi connectivity index (χ0) is 15.5. The highest BCUT2D eigenvalue weighted by Gasteiger charge is 2.21. The summed E-state index contributed by atoms with van der Waals surface area (Å²) in [5, 5.41) is 9.51. The largest absolute Gasteiger partial charge is 0.478 e. The number of piperazine rings is 1. The molecule has 0 atom stereocenters. The van der Waals surface area contributed by atoms with Crippen molar-refractivity contribution in [2.45, 2.75) is 0 Å². The van der Waals surface area contributed by atoms with Crippen molar-refractivity contribution in [3.63, 3.8) is 0 Å². The Kier molecular flexibility index (Phi) is 4.06. The lowest BCUT2D eigenvalue weighted by molar-refractivity contribution is -0.132. The minimum Gasteiger partial charge on any atom is -0.478 e. The molecule has 0 spiro atoms. The molecule has 2 aromatic rings. The van der Waals surface area contributed by atoms with Crippen LogP contribution in [0.1, 0.15) is 0 Å². The van der Waals surface area contributed by atoms with Crippen LogP contribution in [0.5, 0.6) is 0 Å². The number of fused-ring (bicyclic) bond motifs is 1. The minimum atomic E-state index is -1.11. The second-order valence-electron chi connectivity index (χ2n) is 4.95. The summed E-state index contributed by atoms with van der Waals surface area (Å²) in [5.41, 5.74) is 0.991. The summed E-state index contributed by atoms with van der Waals surface area (Å²) in [4.78, 5) is 30.7. The van der Waals surface area contributed by atoms with Crippen LogP contribution in [0, 0.1) is 0 Å². The number of rotatable bonds is 3. The van der Waals surface area contributed by atoms with E-state index in [1.54, 1.807) is 16.2 Å². The predicted molar refractivity (Wildman–Crippen MR) is 85.2 cm³/mol. The highest BCUT2D eigenvalue weighted by Crippen LogP contribution is 2.29. The molecule has 1 fully saturated rings. The Hall–Kier alpha value is -2.41. The lowest BCUT2D eigenvalue weighted by Gasteiger charge is -2.34. The van der Waals surface area contributed by atoms with E-state index in [0.29, 0.717) is 26.2 Å². The van der Waals surface area contributed by atoms with Crippen LogP contribution in [0.25, 0.3) is 10.2 Å². The molecule has 1 amide bonds. The fourth-order valence-electron chi connectivity index (χ4n) is 2.36. The Morgan fingerprint density at radius 2 is 1.86 bits per heavy atom. The van der Waals surface area contributed by atoms with Crippen molar-refractivity contribution in [1.29, 1.82) is 0 Å². The Morgan fingerprint density at radius 3 is 2.55 bits per heavy atom. The zero-order valence-electron chi connectivity index (χ0n) is 11.8. The molecule has 1 aromatic heterocycles. The van der Waals surface area contributed by atoms with Crippen LogP contribution < -0.4 is 4.90 Å². The fraction of sp³-hybridized carbons (Fsp3) is 0.267. The molecule has 22 heavy (non-hydrogen) atoms. The molecule has 1 aromatic carbocycles. The molecule has 0 aliphatic carbocycles. The van der Waals surface area contributed by atoms with Crippen LogP contribution in [-0.2, 0) is 9.59 Å². The summed E-state index contributed by atoms with van der Waals surface area (Å²) in [7, 11) is 0. The molecular formula is C15H15N3O3S. The predicted octanol–water partition coefficient (Wildman–Crippen LogP) is 1.59. The van der Waals surface area contributed by atoms with E-state index in [1.807, 2.05) is 24.3 Å². The van der Waals surface area contributed by atoms with Crippen LogP contribution in [0.15, 0.2) is 36.4 Å². The first-order valence-electron chi connectivity index (χ1n) is 6.94. The number of amides is 1. The van der Waals surface area contributed by atoms with Gasteiger partial charge >= 0.3 is 5.97 Å². The number of carboxylic acids is 1. The van der Waals surface area contributed by atoms with Crippen molar-refractivity contribution in [2.75, 3.05) is 31.1 Å². The number of carboxylic acid groups (broad SMARTS) is 1. The molecule has 3 rings (SSSR count). The highest BCUT2D eigenvalue weighted by atomic mass is 32.1. The van der Waals surface area contributed by atoms with Gasteiger partial charge in [-0.3, -0.25) is 4.79 Å². The number of carbonyl (C=O) groups excluding carboxylic acids is 1. The van der Waals surface area contributed by atoms with Crippen LogP contribution in [0.2, 0.25) is 0 Å². The lowest BCUT2D eigenvalue weighted by atomic mass is 10.3. The van der Waals surface area contributed by atoms with Gasteiger partial charge in [0.15, 0.2) is 5.13 Å². The van der Waals surface area contributed by atoms with E-state index in [2.05, 4.69) is 9.88 Å². The summed E-state index contributed by atoms with van der Waals surface area (Å²) in [6.45, 7) is 2.54. The van der Waals surface area contributed by atoms with Crippen LogP contribution >= 0.6 is 11.3 Å². The monoisotopic (exact) mass is 317 g/mol. The van der Waals surface area contributed by atoms with Crippen LogP contribution in [0.3, 0.4) is 0 Å². The Morgan fingerprint density at radius 1 is 1.14 bits per heavy atom. The van der Waals surface area contributed by atoms with Gasteiger partial charge in [-0.2, -0.15) is 0 Å². The third-order valence-corrected chi connectivity index (χ3v) is 4.61. The maximum atomic E-state index is 11.8. The molecule has 2 heterocycles. The third kappa shape index (κ3) is 3.09. The molecule has 1 saturated heterocycles. The van der Waals surface area contributed by atoms with Gasteiger partial charge in [-0.05, 0) is 12.1 Å². The zero-order valence-corrected chi connectivity index (χ0v) is 12.6. The molecule has 0 bridgehead atoms. The second-order valence-corrected chi connectivity index (χ2v) is 5.96. The minimum absolute atomic E-state index is 0.258. The van der Waals surface area contributed by atoms with Gasteiger partial charge in [0.1, 0.15) is 0 Å². The van der Waals surface area contributed by atoms with Gasteiger partial charge < -0.3 is 14.9 Å². The molecular weight excluding hydrogens is 302 g/mol. The van der Waals surface area contributed by atoms with Crippen molar-refractivity contribution in [3.8, 4) is 0 Å². The summed E-state index contributed by atoms with van der Waals surface area (Å²) in [6.07, 6.45) is 1.98. The van der Waals surface area contributed by atoms with E-state index in [4.69, 9.17) is 5.11 Å². The molecule has 0 saturated carbocycles. The number of aromatic nitrogens is 1. The fourth-order valence-corrected chi connectivity index (χ4v) is 3.38. The smallest absolute Gasteiger partial charge is 0.328 e. The van der Waals surface area contributed by atoms with E-state index in [0.717, 1.165) is 27.5 Å². The summed E-state index contributed by atoms with van der Waals surface area (Å²) in [6, 6.07) is 8.01. The quantitative estimate of drug-likeness (QED) is 0.870. The van der Waals surface area contributed by atoms with Crippen molar-refractivity contribution in [1.82, 2.24) is 9.88 Å². The number of benzene rings is 1. The molecule has 1 aliphatic rings. The summed E-state index contributed by atoms with van der Waals surface area (Å²) in [5.74, 6) is -1.37. The number of carbonyl (C=O) groups is 2. The first-order chi connectivity index (χ1) is 10.6. The molecule has 1 N–H and O–H groups in total. The number of hydrogen-bond donors (Lipinski definition) is 1. The van der Waals surface area contributed by atoms with Gasteiger partial charge in [0.05, 0.1) is 10.2 Å². The van der Waals surface area contributed by atoms with Crippen molar-refractivity contribution in [3.05, 3.63) is 36.4 Å². The Bertz CT molecular complexity index is 699. The van der Waals surface area contributed by atoms with Gasteiger partial charge in [0.25, 0.3) is 0 Å². The number of anilines is 1. The first kappa shape index (κ1) is 14.5. The van der Waals surface area contributed by atoms with Gasteiger partial charge in [0.2, 0.25) is 5.91 Å². The van der Waals surface area contributed by atoms with Gasteiger partial charge in [0, 0.05) is 38.3 Å². The van der Waals surface area contributed by atoms with Crippen LogP contribution in [-0.4, -0.2) is 53.0 Å². The average molecular weight is 317 g/mol. The van der Waals surface area contributed by atoms with E-state index in [9.17, 15) is 9.59 Å². The molecule has 1 aliphatic heterocycles. The molecule has 0 unspecified atom stereocenters. The molecule has 114 valence electrons. The maximum absolute atomic E-state index is 11.8. The number of hydrogen-bond acceptors (Lipinski definition) is 5. The normalized spacial score (nSPS) is 15.6. The molecule has 0 radical (unpaired) electrons. The number of para-hydroxylation sites is 1. The van der Waals surface area contributed by atoms with Crippen molar-refractivity contribution in [2.24, 2.45) is 0 Å². The Balaban J connectivity index is 1.64. The van der Waals surface area contributed by atoms with Crippen molar-refractivity contribution < 1.29 is 14.7 Å². The summed E-state index contributed by atoms with van der Waals surface area (Å²) >= 11 is 1.65. The highest BCUT2D eigenvalue weighted by molar-refractivity contribution is 7.22. The first-order valence-corrected chi connectivity index (χ1v) is 7.75. The van der Waals surface area contributed by atoms with Gasteiger partial charge in [-0.25, -0.2) is 9.78 Å².